The van der Waals surface area contributed by atoms with Crippen molar-refractivity contribution in [2.75, 3.05) is 20.8 Å². The molecule has 0 amide bonds. The maximum absolute atomic E-state index is 8.09. The molecule has 11 heavy (non-hydrogen) atoms. The maximum Gasteiger partial charge on any atom is 0.0635 e. The molecule has 0 saturated heterocycles. The van der Waals surface area contributed by atoms with Gasteiger partial charge in [0.15, 0.2) is 0 Å². The van der Waals surface area contributed by atoms with Crippen LogP contribution in [0.2, 0.25) is 0 Å². The average molecular weight is 158 g/mol. The monoisotopic (exact) mass is 158 g/mol. The third kappa shape index (κ3) is 26.6. The molecular weight excluding hydrogens is 140 g/mol. The van der Waals surface area contributed by atoms with Crippen LogP contribution >= 0.6 is 0 Å². The smallest absolute Gasteiger partial charge is 0.0635 e. The van der Waals surface area contributed by atoms with Gasteiger partial charge in [-0.2, -0.15) is 5.26 Å². The fourth-order valence-electron chi connectivity index (χ4n) is 0.417. The quantitative estimate of drug-likeness (QED) is 0.627. The van der Waals surface area contributed by atoms with Gasteiger partial charge in [0.1, 0.15) is 0 Å². The highest BCUT2D eigenvalue weighted by atomic mass is 16.4. The highest BCUT2D eigenvalue weighted by molar-refractivity contribution is 4.70. The van der Waals surface area contributed by atoms with E-state index in [-0.39, 0.29) is 0 Å². The molecule has 0 fully saturated rings. The molecule has 0 radical (unpaired) electrons. The predicted octanol–water partition coefficient (Wildman–Crippen LogP) is 1.16. The highest BCUT2D eigenvalue weighted by Crippen LogP contribution is 1.76. The average Bonchev–Trinajstić information content (AvgIpc) is 1.89. The Bertz CT molecular complexity index is 96.8. The van der Waals surface area contributed by atoms with Gasteiger partial charge in [-0.05, 0) is 0 Å². The van der Waals surface area contributed by atoms with E-state index in [2.05, 4.69) is 30.0 Å². The first kappa shape index (κ1) is 13.0. The van der Waals surface area contributed by atoms with Crippen LogP contribution in [0.5, 0.6) is 0 Å². The maximum atomic E-state index is 8.09. The lowest BCUT2D eigenvalue weighted by Crippen LogP contribution is -2.23. The van der Waals surface area contributed by atoms with Gasteiger partial charge in [0, 0.05) is 33.2 Å². The minimum Gasteiger partial charge on any atom is -0.388 e. The van der Waals surface area contributed by atoms with Crippen LogP contribution in [0.1, 0.15) is 20.3 Å². The van der Waals surface area contributed by atoms with Crippen molar-refractivity contribution in [2.45, 2.75) is 26.3 Å². The summed E-state index contributed by atoms with van der Waals surface area (Å²) in [6.45, 7) is 4.95. The Morgan fingerprint density at radius 2 is 1.91 bits per heavy atom. The fraction of sp³-hybridized carbons (Fsp3) is 0.875. The Hall–Kier alpha value is -0.590. The van der Waals surface area contributed by atoms with Crippen LogP contribution in [0.15, 0.2) is 0 Å². The zero-order valence-corrected chi connectivity index (χ0v) is 7.85. The van der Waals surface area contributed by atoms with E-state index in [4.69, 9.17) is 5.26 Å². The summed E-state index contributed by atoms with van der Waals surface area (Å²) >= 11 is 0. The van der Waals surface area contributed by atoms with Gasteiger partial charge in [0.25, 0.3) is 0 Å². The van der Waals surface area contributed by atoms with Crippen molar-refractivity contribution >= 4 is 0 Å². The zero-order valence-electron chi connectivity index (χ0n) is 7.85. The Labute approximate surface area is 69.4 Å². The highest BCUT2D eigenvalue weighted by Gasteiger charge is 1.87. The molecule has 0 spiro atoms. The van der Waals surface area contributed by atoms with Crippen molar-refractivity contribution < 1.29 is 4.74 Å². The number of methoxy groups -OCH3 is 1. The van der Waals surface area contributed by atoms with Gasteiger partial charge in [-0.25, -0.2) is 0 Å². The van der Waals surface area contributed by atoms with Crippen LogP contribution in [-0.2, 0) is 4.74 Å². The second kappa shape index (κ2) is 12.1. The molecule has 0 aromatic carbocycles. The summed E-state index contributed by atoms with van der Waals surface area (Å²) < 4.78 is 4.25. The molecule has 1 N–H and O–H groups in total. The van der Waals surface area contributed by atoms with Gasteiger partial charge >= 0.3 is 0 Å². The third-order valence-corrected chi connectivity index (χ3v) is 0.789. The molecule has 0 atom stereocenters. The molecule has 3 nitrogen and oxygen atoms in total. The van der Waals surface area contributed by atoms with Gasteiger partial charge in [-0.3, -0.25) is 0 Å². The SMILES string of the molecule is CC(C)NCCC#N.COC. The van der Waals surface area contributed by atoms with Crippen LogP contribution in [0.25, 0.3) is 0 Å². The molecule has 0 aliphatic heterocycles. The zero-order chi connectivity index (χ0) is 9.11. The largest absolute Gasteiger partial charge is 0.388 e. The van der Waals surface area contributed by atoms with Gasteiger partial charge < -0.3 is 10.1 Å². The number of ether oxygens (including phenoxy) is 1. The van der Waals surface area contributed by atoms with E-state index in [9.17, 15) is 0 Å². The lowest BCUT2D eigenvalue weighted by Gasteiger charge is -2.02. The lowest BCUT2D eigenvalue weighted by atomic mass is 10.4. The molecule has 0 aromatic heterocycles. The third-order valence-electron chi connectivity index (χ3n) is 0.789. The number of hydrogen-bond acceptors (Lipinski definition) is 3. The fourth-order valence-corrected chi connectivity index (χ4v) is 0.417. The standard InChI is InChI=1S/C6H12N2.C2H6O/c1-6(2)8-5-3-4-7;1-3-2/h6,8H,3,5H2,1-2H3;1-2H3. The van der Waals surface area contributed by atoms with Crippen molar-refractivity contribution in [3.8, 4) is 6.07 Å². The van der Waals surface area contributed by atoms with Crippen molar-refractivity contribution in [1.82, 2.24) is 5.32 Å². The summed E-state index contributed by atoms with van der Waals surface area (Å²) in [5, 5.41) is 11.2. The second-order valence-electron chi connectivity index (χ2n) is 2.43. The van der Waals surface area contributed by atoms with Crippen LogP contribution < -0.4 is 5.32 Å². The van der Waals surface area contributed by atoms with E-state index < -0.39 is 0 Å². The van der Waals surface area contributed by atoms with E-state index in [0.29, 0.717) is 12.5 Å². The van der Waals surface area contributed by atoms with Gasteiger partial charge in [0.05, 0.1) is 6.07 Å². The van der Waals surface area contributed by atoms with Crippen LogP contribution in [-0.4, -0.2) is 26.8 Å². The first-order valence-corrected chi connectivity index (χ1v) is 3.69. The molecule has 66 valence electrons. The Balaban J connectivity index is 0. The predicted molar refractivity (Wildman–Crippen MR) is 46.3 cm³/mol. The second-order valence-corrected chi connectivity index (χ2v) is 2.43. The molecule has 0 rings (SSSR count). The summed E-state index contributed by atoms with van der Waals surface area (Å²) in [5.41, 5.74) is 0. The molecule has 3 heteroatoms. The van der Waals surface area contributed by atoms with Crippen molar-refractivity contribution in [3.05, 3.63) is 0 Å². The molecule has 0 aliphatic carbocycles. The normalized spacial score (nSPS) is 8.36. The van der Waals surface area contributed by atoms with E-state index >= 15 is 0 Å². The van der Waals surface area contributed by atoms with E-state index in [1.165, 1.54) is 0 Å². The topological polar surface area (TPSA) is 45.0 Å². The summed E-state index contributed by atoms with van der Waals surface area (Å²) in [5.74, 6) is 0. The van der Waals surface area contributed by atoms with Gasteiger partial charge in [-0.1, -0.05) is 13.8 Å². The number of hydrogen-bond donors (Lipinski definition) is 1. The van der Waals surface area contributed by atoms with Crippen molar-refractivity contribution in [2.24, 2.45) is 0 Å². The Morgan fingerprint density at radius 3 is 2.18 bits per heavy atom. The number of nitrogens with zero attached hydrogens (tertiary/aromatic N) is 1. The van der Waals surface area contributed by atoms with Crippen LogP contribution in [0, 0.1) is 11.3 Å². The summed E-state index contributed by atoms with van der Waals surface area (Å²) in [6.07, 6.45) is 0.609. The van der Waals surface area contributed by atoms with Crippen molar-refractivity contribution in [1.29, 1.82) is 5.26 Å². The minimum absolute atomic E-state index is 0.503. The Kier molecular flexibility index (Phi) is 14.4. The lowest BCUT2D eigenvalue weighted by molar-refractivity contribution is 0.277. The number of rotatable bonds is 3. The number of nitrogens with one attached hydrogen (secondary N) is 1. The van der Waals surface area contributed by atoms with Gasteiger partial charge in [0.2, 0.25) is 0 Å². The van der Waals surface area contributed by atoms with Crippen LogP contribution in [0.3, 0.4) is 0 Å². The van der Waals surface area contributed by atoms with E-state index in [0.717, 1.165) is 6.54 Å². The molecule has 0 aliphatic rings. The number of nitriles is 1. The molecule has 0 heterocycles. The van der Waals surface area contributed by atoms with Crippen LogP contribution in [0.4, 0.5) is 0 Å². The van der Waals surface area contributed by atoms with E-state index in [1.807, 2.05) is 0 Å². The summed E-state index contributed by atoms with van der Waals surface area (Å²) in [7, 11) is 3.25. The summed E-state index contributed by atoms with van der Waals surface area (Å²) in [4.78, 5) is 0. The first-order chi connectivity index (χ1) is 5.18. The van der Waals surface area contributed by atoms with E-state index in [1.54, 1.807) is 14.2 Å². The Morgan fingerprint density at radius 1 is 1.45 bits per heavy atom. The molecular formula is C8H18N2O. The summed E-state index contributed by atoms with van der Waals surface area (Å²) in [6, 6.07) is 2.56. The van der Waals surface area contributed by atoms with Crippen molar-refractivity contribution in [3.63, 3.8) is 0 Å². The first-order valence-electron chi connectivity index (χ1n) is 3.69. The molecule has 0 unspecified atom stereocenters. The molecule has 0 aromatic rings. The minimum atomic E-state index is 0.503. The molecule has 0 bridgehead atoms. The van der Waals surface area contributed by atoms with Gasteiger partial charge in [-0.15, -0.1) is 0 Å². The molecule has 0 saturated carbocycles.